The van der Waals surface area contributed by atoms with Crippen LogP contribution in [0.1, 0.15) is 32.7 Å². The summed E-state index contributed by atoms with van der Waals surface area (Å²) in [5, 5.41) is 9.97. The number of rotatable bonds is 3. The van der Waals surface area contributed by atoms with Crippen molar-refractivity contribution in [3.05, 3.63) is 79.6 Å². The van der Waals surface area contributed by atoms with Crippen molar-refractivity contribution in [3.63, 3.8) is 0 Å². The Hall–Kier alpha value is -3.23. The molecule has 1 amide bonds. The molecule has 0 aliphatic carbocycles. The number of aromatic nitrogens is 2. The summed E-state index contributed by atoms with van der Waals surface area (Å²) in [6.07, 6.45) is 0. The number of anilines is 1. The number of para-hydroxylation sites is 1. The number of nitrogens with zero attached hydrogens (tertiary/aromatic N) is 3. The van der Waals surface area contributed by atoms with Gasteiger partial charge in [0.15, 0.2) is 5.43 Å². The molecule has 0 N–H and O–H groups in total. The Morgan fingerprint density at radius 3 is 2.70 bits per heavy atom. The first kappa shape index (κ1) is 18.8. The number of hydrogen-bond acceptors (Lipinski definition) is 7. The lowest BCUT2D eigenvalue weighted by molar-refractivity contribution is 0.0970. The van der Waals surface area contributed by atoms with Crippen LogP contribution in [-0.2, 0) is 0 Å². The minimum atomic E-state index is -0.768. The fraction of sp³-hybridized carbons (Fsp3) is 0.143. The second kappa shape index (κ2) is 6.93. The Balaban J connectivity index is 1.86. The Morgan fingerprint density at radius 1 is 1.17 bits per heavy atom. The molecule has 9 heteroatoms. The number of benzene rings is 2. The first-order valence-electron chi connectivity index (χ1n) is 9.02. The molecular formula is C21H14ClN3O4S. The molecular weight excluding hydrogens is 426 g/mol. The molecule has 0 saturated heterocycles. The van der Waals surface area contributed by atoms with Gasteiger partial charge in [-0.15, -0.1) is 10.2 Å². The van der Waals surface area contributed by atoms with Crippen LogP contribution in [0.25, 0.3) is 11.0 Å². The van der Waals surface area contributed by atoms with Crippen LogP contribution >= 0.6 is 22.9 Å². The molecule has 0 saturated carbocycles. The van der Waals surface area contributed by atoms with Gasteiger partial charge in [0.2, 0.25) is 10.9 Å². The smallest absolute Gasteiger partial charge is 0.297 e. The first-order valence-corrected chi connectivity index (χ1v) is 10.2. The molecule has 7 nitrogen and oxygen atoms in total. The molecule has 0 bridgehead atoms. The maximum absolute atomic E-state index is 13.5. The van der Waals surface area contributed by atoms with Crippen molar-refractivity contribution in [2.75, 3.05) is 12.0 Å². The topological polar surface area (TPSA) is 85.5 Å². The lowest BCUT2D eigenvalue weighted by atomic mass is 9.98. The number of carbonyl (C=O) groups excluding carboxylic acids is 1. The van der Waals surface area contributed by atoms with Crippen LogP contribution in [-0.4, -0.2) is 23.2 Å². The lowest BCUT2D eigenvalue weighted by Gasteiger charge is -2.23. The van der Waals surface area contributed by atoms with Gasteiger partial charge < -0.3 is 9.15 Å². The Kier molecular flexibility index (Phi) is 4.34. The average Bonchev–Trinajstić information content (AvgIpc) is 3.29. The number of hydrogen-bond donors (Lipinski definition) is 0. The van der Waals surface area contributed by atoms with E-state index in [4.69, 9.17) is 20.8 Å². The summed E-state index contributed by atoms with van der Waals surface area (Å²) in [5.74, 6) is 0.0737. The largest absolute Gasteiger partial charge is 0.496 e. The molecule has 0 spiro atoms. The Bertz CT molecular complexity index is 1380. The average molecular weight is 440 g/mol. The molecule has 1 atom stereocenters. The highest BCUT2D eigenvalue weighted by Crippen LogP contribution is 2.44. The van der Waals surface area contributed by atoms with E-state index in [1.807, 2.05) is 18.2 Å². The Labute approximate surface area is 179 Å². The molecule has 150 valence electrons. The summed E-state index contributed by atoms with van der Waals surface area (Å²) in [6.45, 7) is 1.80. The van der Waals surface area contributed by atoms with Crippen molar-refractivity contribution < 1.29 is 13.9 Å². The highest BCUT2D eigenvalue weighted by molar-refractivity contribution is 7.15. The molecule has 0 radical (unpaired) electrons. The minimum absolute atomic E-state index is 0.0152. The number of aryl methyl sites for hydroxylation is 1. The van der Waals surface area contributed by atoms with E-state index in [1.165, 1.54) is 16.2 Å². The summed E-state index contributed by atoms with van der Waals surface area (Å²) < 4.78 is 11.4. The van der Waals surface area contributed by atoms with E-state index in [9.17, 15) is 9.59 Å². The van der Waals surface area contributed by atoms with Crippen molar-refractivity contribution in [2.24, 2.45) is 0 Å². The SMILES string of the molecule is COc1ccccc1[C@@H]1c2c(oc3ccc(Cl)cc3c2=O)C(=O)N1c1nnc(C)s1. The van der Waals surface area contributed by atoms with Gasteiger partial charge in [-0.1, -0.05) is 41.1 Å². The van der Waals surface area contributed by atoms with E-state index in [0.29, 0.717) is 37.4 Å². The van der Waals surface area contributed by atoms with E-state index in [0.717, 1.165) is 0 Å². The number of halogens is 1. The summed E-state index contributed by atoms with van der Waals surface area (Å²) >= 11 is 7.37. The fourth-order valence-electron chi connectivity index (χ4n) is 3.71. The van der Waals surface area contributed by atoms with Crippen LogP contribution in [0, 0.1) is 6.92 Å². The molecule has 5 rings (SSSR count). The number of amides is 1. The van der Waals surface area contributed by atoms with E-state index in [-0.39, 0.29) is 16.8 Å². The molecule has 0 fully saturated rings. The number of ether oxygens (including phenoxy) is 1. The molecule has 2 aromatic heterocycles. The van der Waals surface area contributed by atoms with Gasteiger partial charge in [-0.2, -0.15) is 0 Å². The van der Waals surface area contributed by atoms with Crippen molar-refractivity contribution in [2.45, 2.75) is 13.0 Å². The van der Waals surface area contributed by atoms with Gasteiger partial charge in [0.25, 0.3) is 5.91 Å². The van der Waals surface area contributed by atoms with Crippen LogP contribution in [0.3, 0.4) is 0 Å². The highest BCUT2D eigenvalue weighted by atomic mass is 35.5. The monoisotopic (exact) mass is 439 g/mol. The predicted molar refractivity (Wildman–Crippen MR) is 114 cm³/mol. The van der Waals surface area contributed by atoms with E-state index < -0.39 is 11.9 Å². The molecule has 0 unspecified atom stereocenters. The fourth-order valence-corrected chi connectivity index (χ4v) is 4.60. The summed E-state index contributed by atoms with van der Waals surface area (Å²) in [5.41, 5.74) is 0.855. The second-order valence-corrected chi connectivity index (χ2v) is 8.33. The maximum atomic E-state index is 13.5. The normalized spacial score (nSPS) is 15.6. The van der Waals surface area contributed by atoms with Crippen LogP contribution < -0.4 is 15.1 Å². The van der Waals surface area contributed by atoms with Gasteiger partial charge in [-0.3, -0.25) is 14.5 Å². The van der Waals surface area contributed by atoms with Crippen molar-refractivity contribution in [1.29, 1.82) is 0 Å². The number of carbonyl (C=O) groups is 1. The quantitative estimate of drug-likeness (QED) is 0.471. The first-order chi connectivity index (χ1) is 14.5. The predicted octanol–water partition coefficient (Wildman–Crippen LogP) is 4.36. The number of fused-ring (bicyclic) bond motifs is 2. The highest BCUT2D eigenvalue weighted by Gasteiger charge is 2.46. The van der Waals surface area contributed by atoms with Gasteiger partial charge in [0.1, 0.15) is 22.4 Å². The van der Waals surface area contributed by atoms with E-state index >= 15 is 0 Å². The zero-order valence-corrected chi connectivity index (χ0v) is 17.5. The van der Waals surface area contributed by atoms with Crippen LogP contribution in [0.4, 0.5) is 5.13 Å². The van der Waals surface area contributed by atoms with E-state index in [2.05, 4.69) is 10.2 Å². The van der Waals surface area contributed by atoms with Gasteiger partial charge in [0, 0.05) is 10.6 Å². The van der Waals surface area contributed by atoms with Gasteiger partial charge >= 0.3 is 0 Å². The van der Waals surface area contributed by atoms with Crippen molar-refractivity contribution in [3.8, 4) is 5.75 Å². The summed E-state index contributed by atoms with van der Waals surface area (Å²) in [7, 11) is 1.54. The number of methoxy groups -OCH3 is 1. The Morgan fingerprint density at radius 2 is 1.97 bits per heavy atom. The molecule has 4 aromatic rings. The second-order valence-electron chi connectivity index (χ2n) is 6.74. The third kappa shape index (κ3) is 2.72. The third-order valence-corrected chi connectivity index (χ3v) is 6.06. The van der Waals surface area contributed by atoms with Gasteiger partial charge in [-0.25, -0.2) is 0 Å². The molecule has 1 aliphatic heterocycles. The third-order valence-electron chi connectivity index (χ3n) is 4.99. The van der Waals surface area contributed by atoms with Crippen LogP contribution in [0.2, 0.25) is 5.02 Å². The van der Waals surface area contributed by atoms with Crippen LogP contribution in [0.5, 0.6) is 5.75 Å². The van der Waals surface area contributed by atoms with Gasteiger partial charge in [-0.05, 0) is 31.2 Å². The van der Waals surface area contributed by atoms with Crippen molar-refractivity contribution in [1.82, 2.24) is 10.2 Å². The molecule has 3 heterocycles. The minimum Gasteiger partial charge on any atom is -0.496 e. The standard InChI is InChI=1S/C21H14ClN3O4S/c1-10-23-24-21(30-10)25-17(12-5-3-4-6-14(12)28-2)16-18(26)13-9-11(22)7-8-15(13)29-19(16)20(25)27/h3-9,17H,1-2H3/t17-/m1/s1. The molecule has 2 aromatic carbocycles. The zero-order chi connectivity index (χ0) is 21.0. The van der Waals surface area contributed by atoms with Gasteiger partial charge in [0.05, 0.1) is 18.1 Å². The van der Waals surface area contributed by atoms with Crippen molar-refractivity contribution >= 4 is 44.9 Å². The summed E-state index contributed by atoms with van der Waals surface area (Å²) in [6, 6.07) is 11.2. The zero-order valence-electron chi connectivity index (χ0n) is 15.9. The molecule has 30 heavy (non-hydrogen) atoms. The maximum Gasteiger partial charge on any atom is 0.297 e. The van der Waals surface area contributed by atoms with E-state index in [1.54, 1.807) is 38.3 Å². The molecule has 1 aliphatic rings. The lowest BCUT2D eigenvalue weighted by Crippen LogP contribution is -2.29. The summed E-state index contributed by atoms with van der Waals surface area (Å²) in [4.78, 5) is 28.4. The van der Waals surface area contributed by atoms with Crippen LogP contribution in [0.15, 0.2) is 51.7 Å².